The minimum Gasteiger partial charge on any atom is -0.484 e. The minimum atomic E-state index is -0.411. The van der Waals surface area contributed by atoms with Gasteiger partial charge in [0.25, 0.3) is 5.91 Å². The van der Waals surface area contributed by atoms with Gasteiger partial charge >= 0.3 is 5.97 Å². The maximum Gasteiger partial charge on any atom is 0.308 e. The largest absolute Gasteiger partial charge is 0.484 e. The quantitative estimate of drug-likeness (QED) is 0.681. The molecule has 0 bridgehead atoms. The standard InChI is InChI=1S/C17H17NO4/c1-12-5-3-7-15(9-12)21-11-17(20)18-14-6-4-8-16(10-14)22-13(2)19/h3-10H,11H2,1-2H3,(H,18,20). The van der Waals surface area contributed by atoms with E-state index in [2.05, 4.69) is 5.32 Å². The van der Waals surface area contributed by atoms with Crippen LogP contribution in [-0.2, 0) is 9.59 Å². The topological polar surface area (TPSA) is 64.6 Å². The van der Waals surface area contributed by atoms with Crippen molar-refractivity contribution in [3.05, 3.63) is 54.1 Å². The van der Waals surface area contributed by atoms with Gasteiger partial charge in [-0.25, -0.2) is 0 Å². The molecule has 1 N–H and O–H groups in total. The Hall–Kier alpha value is -2.82. The molecule has 5 heteroatoms. The molecule has 2 aromatic carbocycles. The SMILES string of the molecule is CC(=O)Oc1cccc(NC(=O)COc2cccc(C)c2)c1. The van der Waals surface area contributed by atoms with Crippen LogP contribution < -0.4 is 14.8 Å². The van der Waals surface area contributed by atoms with Crippen molar-refractivity contribution in [2.24, 2.45) is 0 Å². The summed E-state index contributed by atoms with van der Waals surface area (Å²) in [6, 6.07) is 14.1. The molecule has 2 rings (SSSR count). The van der Waals surface area contributed by atoms with Crippen molar-refractivity contribution in [3.63, 3.8) is 0 Å². The normalized spacial score (nSPS) is 9.91. The summed E-state index contributed by atoms with van der Waals surface area (Å²) in [5.41, 5.74) is 1.60. The fraction of sp³-hybridized carbons (Fsp3) is 0.176. The monoisotopic (exact) mass is 299 g/mol. The molecule has 0 aromatic heterocycles. The highest BCUT2D eigenvalue weighted by atomic mass is 16.5. The van der Waals surface area contributed by atoms with E-state index >= 15 is 0 Å². The molecule has 1 amide bonds. The molecule has 2 aromatic rings. The maximum atomic E-state index is 11.9. The Bertz CT molecular complexity index is 682. The Balaban J connectivity index is 1.90. The summed E-state index contributed by atoms with van der Waals surface area (Å²) in [6.45, 7) is 3.18. The van der Waals surface area contributed by atoms with Gasteiger partial charge in [0.1, 0.15) is 11.5 Å². The van der Waals surface area contributed by atoms with Crippen molar-refractivity contribution in [1.29, 1.82) is 0 Å². The highest BCUT2D eigenvalue weighted by Gasteiger charge is 2.05. The molecular weight excluding hydrogens is 282 g/mol. The maximum absolute atomic E-state index is 11.9. The van der Waals surface area contributed by atoms with Crippen LogP contribution in [-0.4, -0.2) is 18.5 Å². The van der Waals surface area contributed by atoms with Crippen LogP contribution in [0.1, 0.15) is 12.5 Å². The van der Waals surface area contributed by atoms with Crippen LogP contribution in [0, 0.1) is 6.92 Å². The molecule has 0 aliphatic heterocycles. The molecule has 0 saturated heterocycles. The second-order valence-electron chi connectivity index (χ2n) is 4.77. The molecule has 0 saturated carbocycles. The van der Waals surface area contributed by atoms with Crippen LogP contribution in [0.25, 0.3) is 0 Å². The van der Waals surface area contributed by atoms with Crippen molar-refractivity contribution in [2.75, 3.05) is 11.9 Å². The second-order valence-corrected chi connectivity index (χ2v) is 4.77. The zero-order valence-corrected chi connectivity index (χ0v) is 12.5. The molecule has 22 heavy (non-hydrogen) atoms. The first kappa shape index (κ1) is 15.6. The number of carbonyl (C=O) groups is 2. The molecule has 0 fully saturated rings. The Morgan fingerprint density at radius 2 is 1.77 bits per heavy atom. The van der Waals surface area contributed by atoms with E-state index < -0.39 is 5.97 Å². The van der Waals surface area contributed by atoms with Crippen LogP contribution in [0.5, 0.6) is 11.5 Å². The number of amides is 1. The predicted octanol–water partition coefficient (Wildman–Crippen LogP) is 2.94. The van der Waals surface area contributed by atoms with Gasteiger partial charge in [0.2, 0.25) is 0 Å². The van der Waals surface area contributed by atoms with E-state index in [1.54, 1.807) is 30.3 Å². The molecule has 0 heterocycles. The first-order valence-electron chi connectivity index (χ1n) is 6.81. The summed E-state index contributed by atoms with van der Waals surface area (Å²) in [5, 5.41) is 2.69. The van der Waals surface area contributed by atoms with Gasteiger partial charge in [-0.2, -0.15) is 0 Å². The predicted molar refractivity (Wildman–Crippen MR) is 83.1 cm³/mol. The summed E-state index contributed by atoms with van der Waals surface area (Å²) in [5.74, 6) is 0.321. The Kier molecular flexibility index (Phi) is 5.14. The number of benzene rings is 2. The third-order valence-corrected chi connectivity index (χ3v) is 2.74. The van der Waals surface area contributed by atoms with Gasteiger partial charge in [-0.15, -0.1) is 0 Å². The molecule has 5 nitrogen and oxygen atoms in total. The molecule has 0 atom stereocenters. The molecular formula is C17H17NO4. The smallest absolute Gasteiger partial charge is 0.308 e. The molecule has 0 spiro atoms. The van der Waals surface area contributed by atoms with Gasteiger partial charge in [-0.3, -0.25) is 9.59 Å². The highest BCUT2D eigenvalue weighted by Crippen LogP contribution is 2.17. The van der Waals surface area contributed by atoms with Crippen LogP contribution in [0.2, 0.25) is 0 Å². The lowest BCUT2D eigenvalue weighted by Gasteiger charge is -2.09. The van der Waals surface area contributed by atoms with Gasteiger partial charge in [-0.05, 0) is 36.8 Å². The van der Waals surface area contributed by atoms with E-state index in [4.69, 9.17) is 9.47 Å². The van der Waals surface area contributed by atoms with Gasteiger partial charge < -0.3 is 14.8 Å². The Labute approximate surface area is 128 Å². The van der Waals surface area contributed by atoms with E-state index in [-0.39, 0.29) is 12.5 Å². The number of rotatable bonds is 5. The average molecular weight is 299 g/mol. The Morgan fingerprint density at radius 3 is 2.50 bits per heavy atom. The fourth-order valence-corrected chi connectivity index (χ4v) is 1.85. The van der Waals surface area contributed by atoms with Crippen molar-refractivity contribution in [2.45, 2.75) is 13.8 Å². The number of aryl methyl sites for hydroxylation is 1. The third-order valence-electron chi connectivity index (χ3n) is 2.74. The summed E-state index contributed by atoms with van der Waals surface area (Å²) in [6.07, 6.45) is 0. The highest BCUT2D eigenvalue weighted by molar-refractivity contribution is 5.92. The average Bonchev–Trinajstić information content (AvgIpc) is 2.45. The second kappa shape index (κ2) is 7.26. The minimum absolute atomic E-state index is 0.0960. The van der Waals surface area contributed by atoms with Crippen molar-refractivity contribution in [3.8, 4) is 11.5 Å². The van der Waals surface area contributed by atoms with Crippen LogP contribution in [0.3, 0.4) is 0 Å². The van der Waals surface area contributed by atoms with Gasteiger partial charge in [-0.1, -0.05) is 18.2 Å². The number of esters is 1. The van der Waals surface area contributed by atoms with E-state index in [0.29, 0.717) is 17.2 Å². The molecule has 0 unspecified atom stereocenters. The molecule has 0 radical (unpaired) electrons. The summed E-state index contributed by atoms with van der Waals surface area (Å²) in [7, 11) is 0. The zero-order valence-electron chi connectivity index (χ0n) is 12.5. The van der Waals surface area contributed by atoms with E-state index in [1.807, 2.05) is 25.1 Å². The molecule has 114 valence electrons. The van der Waals surface area contributed by atoms with Crippen molar-refractivity contribution >= 4 is 17.6 Å². The number of nitrogens with one attached hydrogen (secondary N) is 1. The first-order valence-corrected chi connectivity index (χ1v) is 6.81. The van der Waals surface area contributed by atoms with Crippen LogP contribution in [0.15, 0.2) is 48.5 Å². The van der Waals surface area contributed by atoms with Crippen LogP contribution >= 0.6 is 0 Å². The number of hydrogen-bond donors (Lipinski definition) is 1. The van der Waals surface area contributed by atoms with E-state index in [0.717, 1.165) is 5.56 Å². The summed E-state index contributed by atoms with van der Waals surface area (Å²) in [4.78, 5) is 22.8. The lowest BCUT2D eigenvalue weighted by molar-refractivity contribution is -0.131. The molecule has 0 aliphatic carbocycles. The number of hydrogen-bond acceptors (Lipinski definition) is 4. The molecule has 0 aliphatic rings. The van der Waals surface area contributed by atoms with Gasteiger partial charge in [0.05, 0.1) is 0 Å². The summed E-state index contributed by atoms with van der Waals surface area (Å²) >= 11 is 0. The van der Waals surface area contributed by atoms with Gasteiger partial charge in [0, 0.05) is 18.7 Å². The van der Waals surface area contributed by atoms with Crippen molar-refractivity contribution in [1.82, 2.24) is 0 Å². The third kappa shape index (κ3) is 4.94. The Morgan fingerprint density at radius 1 is 1.05 bits per heavy atom. The van der Waals surface area contributed by atoms with Gasteiger partial charge in [0.15, 0.2) is 6.61 Å². The zero-order chi connectivity index (χ0) is 15.9. The first-order chi connectivity index (χ1) is 10.5. The van der Waals surface area contributed by atoms with E-state index in [9.17, 15) is 9.59 Å². The van der Waals surface area contributed by atoms with Crippen LogP contribution in [0.4, 0.5) is 5.69 Å². The number of carbonyl (C=O) groups excluding carboxylic acids is 2. The number of ether oxygens (including phenoxy) is 2. The number of anilines is 1. The lowest BCUT2D eigenvalue weighted by Crippen LogP contribution is -2.20. The van der Waals surface area contributed by atoms with E-state index in [1.165, 1.54) is 6.92 Å². The lowest BCUT2D eigenvalue weighted by atomic mass is 10.2. The summed E-state index contributed by atoms with van der Waals surface area (Å²) < 4.78 is 10.4. The van der Waals surface area contributed by atoms with Crippen molar-refractivity contribution < 1.29 is 19.1 Å². The fourth-order valence-electron chi connectivity index (χ4n) is 1.85.